The zero-order valence-electron chi connectivity index (χ0n) is 17.4. The van der Waals surface area contributed by atoms with E-state index in [1.54, 1.807) is 6.07 Å². The summed E-state index contributed by atoms with van der Waals surface area (Å²) < 4.78 is 0. The predicted octanol–water partition coefficient (Wildman–Crippen LogP) is 6.41. The van der Waals surface area contributed by atoms with Crippen LogP contribution in [0, 0.1) is 20.8 Å². The number of imidazole rings is 1. The van der Waals surface area contributed by atoms with Gasteiger partial charge in [-0.3, -0.25) is 0 Å². The molecule has 0 unspecified atom stereocenters. The quantitative estimate of drug-likeness (QED) is 0.601. The Morgan fingerprint density at radius 2 is 1.65 bits per heavy atom. The molecule has 144 valence electrons. The van der Waals surface area contributed by atoms with Crippen LogP contribution >= 0.6 is 0 Å². The molecule has 4 heteroatoms. The van der Waals surface area contributed by atoms with Gasteiger partial charge in [-0.1, -0.05) is 46.6 Å². The van der Waals surface area contributed by atoms with Crippen molar-refractivity contribution in [3.63, 3.8) is 0 Å². The standard InChI is InChI=1S/C20H28N2O2.C2H6/c1-6-8-15(9-7-2)19-21-14(5)18(22-19)16-11-17(20(23)24)13(4)10-12(16)3;1-2/h10-11,15H,6-9H2,1-5H3,(H,21,22)(H,23,24);1-2H3. The molecule has 26 heavy (non-hydrogen) atoms. The van der Waals surface area contributed by atoms with Crippen LogP contribution in [0.25, 0.3) is 11.3 Å². The second-order valence-electron chi connectivity index (χ2n) is 6.66. The lowest BCUT2D eigenvalue weighted by Gasteiger charge is -2.12. The van der Waals surface area contributed by atoms with Gasteiger partial charge in [0.2, 0.25) is 0 Å². The van der Waals surface area contributed by atoms with Gasteiger partial charge in [-0.05, 0) is 50.8 Å². The highest BCUT2D eigenvalue weighted by Gasteiger charge is 2.19. The number of rotatable bonds is 7. The molecule has 2 aromatic rings. The highest BCUT2D eigenvalue weighted by atomic mass is 16.4. The molecule has 0 amide bonds. The lowest BCUT2D eigenvalue weighted by molar-refractivity contribution is 0.0696. The van der Waals surface area contributed by atoms with Crippen molar-refractivity contribution in [2.45, 2.75) is 80.1 Å². The zero-order chi connectivity index (χ0) is 19.9. The first-order chi connectivity index (χ1) is 12.4. The molecule has 2 N–H and O–H groups in total. The van der Waals surface area contributed by atoms with Gasteiger partial charge >= 0.3 is 5.97 Å². The minimum atomic E-state index is -0.892. The molecule has 1 aromatic carbocycles. The lowest BCUT2D eigenvalue weighted by atomic mass is 9.97. The van der Waals surface area contributed by atoms with Crippen LogP contribution in [0.4, 0.5) is 0 Å². The number of hydrogen-bond acceptors (Lipinski definition) is 2. The van der Waals surface area contributed by atoms with Crippen molar-refractivity contribution in [3.05, 3.63) is 40.3 Å². The van der Waals surface area contributed by atoms with Crippen molar-refractivity contribution >= 4 is 5.97 Å². The fourth-order valence-corrected chi connectivity index (χ4v) is 3.39. The Kier molecular flexibility index (Phi) is 8.56. The van der Waals surface area contributed by atoms with Gasteiger partial charge in [0.1, 0.15) is 5.82 Å². The van der Waals surface area contributed by atoms with Crippen LogP contribution in [0.15, 0.2) is 12.1 Å². The van der Waals surface area contributed by atoms with Gasteiger partial charge in [0.15, 0.2) is 0 Å². The van der Waals surface area contributed by atoms with E-state index in [1.165, 1.54) is 0 Å². The molecule has 0 radical (unpaired) electrons. The van der Waals surface area contributed by atoms with E-state index in [0.29, 0.717) is 11.5 Å². The van der Waals surface area contributed by atoms with Crippen LogP contribution in [0.2, 0.25) is 0 Å². The highest BCUT2D eigenvalue weighted by Crippen LogP contribution is 2.31. The molecular formula is C22H34N2O2. The molecule has 0 aliphatic carbocycles. The smallest absolute Gasteiger partial charge is 0.335 e. The number of carboxylic acid groups (broad SMARTS) is 1. The molecule has 0 saturated heterocycles. The first kappa shape index (κ1) is 21.9. The number of aryl methyl sites for hydroxylation is 3. The number of aromatic carboxylic acids is 1. The van der Waals surface area contributed by atoms with Crippen molar-refractivity contribution in [1.82, 2.24) is 9.97 Å². The number of aromatic amines is 1. The average molecular weight is 359 g/mol. The third kappa shape index (κ3) is 4.96. The summed E-state index contributed by atoms with van der Waals surface area (Å²) in [4.78, 5) is 19.8. The number of benzene rings is 1. The third-order valence-electron chi connectivity index (χ3n) is 4.62. The molecule has 1 aromatic heterocycles. The fourth-order valence-electron chi connectivity index (χ4n) is 3.39. The molecule has 1 heterocycles. The van der Waals surface area contributed by atoms with Gasteiger partial charge < -0.3 is 10.1 Å². The number of carboxylic acids is 1. The summed E-state index contributed by atoms with van der Waals surface area (Å²) in [5.74, 6) is 0.581. The van der Waals surface area contributed by atoms with Gasteiger partial charge in [0.05, 0.1) is 11.3 Å². The van der Waals surface area contributed by atoms with Crippen molar-refractivity contribution in [2.75, 3.05) is 0 Å². The monoisotopic (exact) mass is 358 g/mol. The number of hydrogen-bond donors (Lipinski definition) is 2. The highest BCUT2D eigenvalue weighted by molar-refractivity contribution is 5.91. The topological polar surface area (TPSA) is 66.0 Å². The SMILES string of the molecule is CC.CCCC(CCC)c1nc(-c2cc(C(=O)O)c(C)cc2C)c(C)[nH]1. The Balaban J connectivity index is 0.00000163. The molecule has 0 bridgehead atoms. The maximum Gasteiger partial charge on any atom is 0.335 e. The minimum Gasteiger partial charge on any atom is -0.478 e. The van der Waals surface area contributed by atoms with Crippen LogP contribution in [-0.2, 0) is 0 Å². The maximum absolute atomic E-state index is 11.5. The van der Waals surface area contributed by atoms with E-state index in [2.05, 4.69) is 18.8 Å². The summed E-state index contributed by atoms with van der Waals surface area (Å²) in [6.45, 7) is 14.3. The van der Waals surface area contributed by atoms with E-state index in [0.717, 1.165) is 59.6 Å². The van der Waals surface area contributed by atoms with Gasteiger partial charge in [-0.15, -0.1) is 0 Å². The Morgan fingerprint density at radius 3 is 2.15 bits per heavy atom. The summed E-state index contributed by atoms with van der Waals surface area (Å²) in [5, 5.41) is 9.40. The third-order valence-corrected chi connectivity index (χ3v) is 4.62. The maximum atomic E-state index is 11.5. The molecule has 0 aliphatic heterocycles. The first-order valence-electron chi connectivity index (χ1n) is 9.80. The Bertz CT molecular complexity index is 726. The van der Waals surface area contributed by atoms with E-state index in [-0.39, 0.29) is 0 Å². The normalized spacial score (nSPS) is 10.6. The summed E-state index contributed by atoms with van der Waals surface area (Å²) in [6, 6.07) is 3.69. The number of H-pyrrole nitrogens is 1. The van der Waals surface area contributed by atoms with E-state index < -0.39 is 5.97 Å². The van der Waals surface area contributed by atoms with E-state index >= 15 is 0 Å². The van der Waals surface area contributed by atoms with E-state index in [1.807, 2.05) is 40.7 Å². The van der Waals surface area contributed by atoms with Crippen molar-refractivity contribution in [1.29, 1.82) is 0 Å². The van der Waals surface area contributed by atoms with Gasteiger partial charge in [-0.25, -0.2) is 9.78 Å². The van der Waals surface area contributed by atoms with Crippen molar-refractivity contribution in [3.8, 4) is 11.3 Å². The summed E-state index contributed by atoms with van der Waals surface area (Å²) in [7, 11) is 0. The second kappa shape index (κ2) is 10.1. The van der Waals surface area contributed by atoms with Gasteiger partial charge in [0.25, 0.3) is 0 Å². The van der Waals surface area contributed by atoms with Crippen molar-refractivity contribution in [2.24, 2.45) is 0 Å². The minimum absolute atomic E-state index is 0.346. The van der Waals surface area contributed by atoms with Crippen LogP contribution < -0.4 is 0 Å². The summed E-state index contributed by atoms with van der Waals surface area (Å²) in [5.41, 5.74) is 4.98. The van der Waals surface area contributed by atoms with E-state index in [4.69, 9.17) is 4.98 Å². The molecule has 0 fully saturated rings. The second-order valence-corrected chi connectivity index (χ2v) is 6.66. The van der Waals surface area contributed by atoms with Crippen LogP contribution in [0.1, 0.15) is 92.3 Å². The lowest BCUT2D eigenvalue weighted by Crippen LogP contribution is -2.02. The molecule has 2 rings (SSSR count). The average Bonchev–Trinajstić information content (AvgIpc) is 2.98. The van der Waals surface area contributed by atoms with Gasteiger partial charge in [-0.2, -0.15) is 0 Å². The fraction of sp³-hybridized carbons (Fsp3) is 0.545. The summed E-state index contributed by atoms with van der Waals surface area (Å²) in [6.07, 6.45) is 4.50. The molecule has 4 nitrogen and oxygen atoms in total. The molecule has 0 saturated carbocycles. The Labute approximate surface area is 158 Å². The van der Waals surface area contributed by atoms with Gasteiger partial charge in [0, 0.05) is 17.2 Å². The largest absolute Gasteiger partial charge is 0.478 e. The number of aromatic nitrogens is 2. The number of carbonyl (C=O) groups is 1. The molecule has 0 atom stereocenters. The van der Waals surface area contributed by atoms with Crippen LogP contribution in [-0.4, -0.2) is 21.0 Å². The first-order valence-corrected chi connectivity index (χ1v) is 9.80. The molecule has 0 spiro atoms. The predicted molar refractivity (Wildman–Crippen MR) is 109 cm³/mol. The molecule has 0 aliphatic rings. The Hall–Kier alpha value is -2.10. The zero-order valence-corrected chi connectivity index (χ0v) is 17.4. The van der Waals surface area contributed by atoms with Crippen molar-refractivity contribution < 1.29 is 9.90 Å². The summed E-state index contributed by atoms with van der Waals surface area (Å²) >= 11 is 0. The van der Waals surface area contributed by atoms with Crippen LogP contribution in [0.3, 0.4) is 0 Å². The Morgan fingerprint density at radius 1 is 1.08 bits per heavy atom. The number of nitrogens with one attached hydrogen (secondary N) is 1. The van der Waals surface area contributed by atoms with E-state index in [9.17, 15) is 9.90 Å². The number of nitrogens with zero attached hydrogens (tertiary/aromatic N) is 1. The van der Waals surface area contributed by atoms with Crippen LogP contribution in [0.5, 0.6) is 0 Å². The molecular weight excluding hydrogens is 324 g/mol.